The number of ether oxygens (including phenoxy) is 1. The Morgan fingerprint density at radius 2 is 2.11 bits per heavy atom. The van der Waals surface area contributed by atoms with Gasteiger partial charge in [0.05, 0.1) is 23.9 Å². The molecule has 0 saturated carbocycles. The maximum atomic E-state index is 12.3. The van der Waals surface area contributed by atoms with Gasteiger partial charge in [0.2, 0.25) is 0 Å². The molecule has 0 radical (unpaired) electrons. The molecule has 4 heteroatoms. The molecule has 1 aliphatic heterocycles. The Hall–Kier alpha value is -2.10. The van der Waals surface area contributed by atoms with Crippen molar-refractivity contribution in [3.63, 3.8) is 0 Å². The molecule has 0 atom stereocenters. The number of likely N-dealkylation sites (tertiary alicyclic amines) is 1. The summed E-state index contributed by atoms with van der Waals surface area (Å²) >= 11 is 0. The Kier molecular flexibility index (Phi) is 2.85. The number of rotatable bonds is 2. The molecule has 0 bridgehead atoms. The van der Waals surface area contributed by atoms with Crippen molar-refractivity contribution >= 4 is 16.8 Å². The quantitative estimate of drug-likeness (QED) is 0.828. The van der Waals surface area contributed by atoms with Crippen molar-refractivity contribution in [2.24, 2.45) is 0 Å². The summed E-state index contributed by atoms with van der Waals surface area (Å²) in [4.78, 5) is 18.7. The number of hydrogen-bond acceptors (Lipinski definition) is 3. The molecule has 3 rings (SSSR count). The number of methoxy groups -OCH3 is 1. The van der Waals surface area contributed by atoms with Crippen LogP contribution in [0, 0.1) is 6.92 Å². The maximum Gasteiger partial charge on any atom is 0.255 e. The number of hydrogen-bond donors (Lipinski definition) is 0. The van der Waals surface area contributed by atoms with E-state index >= 15 is 0 Å². The number of nitrogens with zero attached hydrogens (tertiary/aromatic N) is 2. The highest BCUT2D eigenvalue weighted by Gasteiger charge is 2.23. The van der Waals surface area contributed by atoms with Crippen LogP contribution < -0.4 is 4.74 Å². The first-order chi connectivity index (χ1) is 9.19. The topological polar surface area (TPSA) is 42.4 Å². The van der Waals surface area contributed by atoms with Gasteiger partial charge in [-0.3, -0.25) is 9.78 Å². The zero-order valence-corrected chi connectivity index (χ0v) is 11.1. The van der Waals surface area contributed by atoms with E-state index in [1.165, 1.54) is 0 Å². The number of aromatic nitrogens is 1. The molecule has 4 nitrogen and oxygen atoms in total. The third-order valence-electron chi connectivity index (χ3n) is 3.59. The van der Waals surface area contributed by atoms with E-state index in [-0.39, 0.29) is 5.91 Å². The average Bonchev–Trinajstić information content (AvgIpc) is 2.35. The highest BCUT2D eigenvalue weighted by Crippen LogP contribution is 2.23. The van der Waals surface area contributed by atoms with Crippen LogP contribution >= 0.6 is 0 Å². The predicted molar refractivity (Wildman–Crippen MR) is 73.6 cm³/mol. The fraction of sp³-hybridized carbons (Fsp3) is 0.333. The van der Waals surface area contributed by atoms with Crippen LogP contribution in [0.4, 0.5) is 0 Å². The van der Waals surface area contributed by atoms with E-state index in [0.717, 1.165) is 41.9 Å². The fourth-order valence-corrected chi connectivity index (χ4v) is 2.28. The third kappa shape index (κ3) is 2.03. The number of carbonyl (C=O) groups is 1. The summed E-state index contributed by atoms with van der Waals surface area (Å²) < 4.78 is 5.19. The van der Waals surface area contributed by atoms with Crippen LogP contribution in [0.1, 0.15) is 22.5 Å². The van der Waals surface area contributed by atoms with Crippen molar-refractivity contribution in [2.75, 3.05) is 20.2 Å². The molecule has 0 spiro atoms. The molecule has 0 N–H and O–H groups in total. The minimum absolute atomic E-state index is 0.0916. The van der Waals surface area contributed by atoms with Gasteiger partial charge in [0, 0.05) is 24.5 Å². The zero-order chi connectivity index (χ0) is 13.4. The number of amides is 1. The van der Waals surface area contributed by atoms with Crippen LogP contribution in [-0.2, 0) is 0 Å². The summed E-state index contributed by atoms with van der Waals surface area (Å²) in [5, 5.41) is 0.968. The summed E-state index contributed by atoms with van der Waals surface area (Å²) in [6.45, 7) is 3.60. The van der Waals surface area contributed by atoms with Gasteiger partial charge < -0.3 is 9.64 Å². The Balaban J connectivity index is 2.06. The largest absolute Gasteiger partial charge is 0.497 e. The lowest BCUT2D eigenvalue weighted by molar-refractivity contribution is 0.0651. The van der Waals surface area contributed by atoms with Gasteiger partial charge in [-0.15, -0.1) is 0 Å². The normalized spacial score (nSPS) is 14.3. The number of pyridine rings is 1. The number of fused-ring (bicyclic) bond motifs is 1. The van der Waals surface area contributed by atoms with E-state index in [9.17, 15) is 4.79 Å². The average molecular weight is 256 g/mol. The molecule has 19 heavy (non-hydrogen) atoms. The molecule has 0 aliphatic carbocycles. The summed E-state index contributed by atoms with van der Waals surface area (Å²) in [6.07, 6.45) is 1.10. The van der Waals surface area contributed by atoms with Crippen molar-refractivity contribution in [2.45, 2.75) is 13.3 Å². The van der Waals surface area contributed by atoms with Crippen molar-refractivity contribution in [3.05, 3.63) is 35.5 Å². The van der Waals surface area contributed by atoms with Crippen LogP contribution in [0.3, 0.4) is 0 Å². The summed E-state index contributed by atoms with van der Waals surface area (Å²) in [6, 6.07) is 7.64. The van der Waals surface area contributed by atoms with E-state index in [1.54, 1.807) is 7.11 Å². The molecule has 1 saturated heterocycles. The van der Waals surface area contributed by atoms with Gasteiger partial charge in [-0.05, 0) is 31.5 Å². The SMILES string of the molecule is COc1ccc2cc(C(=O)N3CCC3)c(C)nc2c1. The molecule has 1 aromatic heterocycles. The Morgan fingerprint density at radius 1 is 1.32 bits per heavy atom. The number of aryl methyl sites for hydroxylation is 1. The second kappa shape index (κ2) is 4.53. The van der Waals surface area contributed by atoms with Crippen LogP contribution in [0.5, 0.6) is 5.75 Å². The molecule has 1 amide bonds. The molecule has 1 aliphatic rings. The molecule has 1 aromatic carbocycles. The van der Waals surface area contributed by atoms with E-state index < -0.39 is 0 Å². The summed E-state index contributed by atoms with van der Waals surface area (Å²) in [5.74, 6) is 0.871. The lowest BCUT2D eigenvalue weighted by Gasteiger charge is -2.31. The van der Waals surface area contributed by atoms with Gasteiger partial charge >= 0.3 is 0 Å². The van der Waals surface area contributed by atoms with E-state index in [0.29, 0.717) is 5.56 Å². The van der Waals surface area contributed by atoms with Crippen molar-refractivity contribution in [1.29, 1.82) is 0 Å². The minimum Gasteiger partial charge on any atom is -0.497 e. The second-order valence-electron chi connectivity index (χ2n) is 4.83. The van der Waals surface area contributed by atoms with Crippen molar-refractivity contribution in [1.82, 2.24) is 9.88 Å². The van der Waals surface area contributed by atoms with Gasteiger partial charge in [-0.2, -0.15) is 0 Å². The standard InChI is InChI=1S/C15H16N2O2/c1-10-13(15(18)17-6-3-7-17)8-11-4-5-12(19-2)9-14(11)16-10/h4-5,8-9H,3,6-7H2,1-2H3. The van der Waals surface area contributed by atoms with Gasteiger partial charge in [0.1, 0.15) is 5.75 Å². The third-order valence-corrected chi connectivity index (χ3v) is 3.59. The fourth-order valence-electron chi connectivity index (χ4n) is 2.28. The first-order valence-corrected chi connectivity index (χ1v) is 6.44. The molecular weight excluding hydrogens is 240 g/mol. The van der Waals surface area contributed by atoms with Gasteiger partial charge in [-0.1, -0.05) is 0 Å². The van der Waals surface area contributed by atoms with Gasteiger partial charge in [-0.25, -0.2) is 0 Å². The van der Waals surface area contributed by atoms with Crippen molar-refractivity contribution in [3.8, 4) is 5.75 Å². The first kappa shape index (κ1) is 12.0. The molecule has 2 aromatic rings. The molecule has 2 heterocycles. The van der Waals surface area contributed by atoms with Crippen LogP contribution in [0.2, 0.25) is 0 Å². The van der Waals surface area contributed by atoms with Gasteiger partial charge in [0.25, 0.3) is 5.91 Å². The zero-order valence-electron chi connectivity index (χ0n) is 11.1. The van der Waals surface area contributed by atoms with Crippen LogP contribution in [0.25, 0.3) is 10.9 Å². The molecular formula is C15H16N2O2. The molecule has 98 valence electrons. The molecule has 1 fully saturated rings. The predicted octanol–water partition coefficient (Wildman–Crippen LogP) is 2.40. The van der Waals surface area contributed by atoms with Crippen LogP contribution in [0.15, 0.2) is 24.3 Å². The highest BCUT2D eigenvalue weighted by molar-refractivity contribution is 5.99. The van der Waals surface area contributed by atoms with E-state index in [4.69, 9.17) is 4.74 Å². The van der Waals surface area contributed by atoms with Crippen molar-refractivity contribution < 1.29 is 9.53 Å². The van der Waals surface area contributed by atoms with E-state index in [1.807, 2.05) is 36.1 Å². The Bertz CT molecular complexity index is 648. The Morgan fingerprint density at radius 3 is 2.74 bits per heavy atom. The first-order valence-electron chi connectivity index (χ1n) is 6.44. The molecule has 0 unspecified atom stereocenters. The Labute approximate surface area is 112 Å². The van der Waals surface area contributed by atoms with Gasteiger partial charge in [0.15, 0.2) is 0 Å². The minimum atomic E-state index is 0.0916. The highest BCUT2D eigenvalue weighted by atomic mass is 16.5. The van der Waals surface area contributed by atoms with E-state index in [2.05, 4.69) is 4.98 Å². The number of benzene rings is 1. The monoisotopic (exact) mass is 256 g/mol. The lowest BCUT2D eigenvalue weighted by atomic mass is 10.1. The maximum absolute atomic E-state index is 12.3. The van der Waals surface area contributed by atoms with Crippen LogP contribution in [-0.4, -0.2) is 36.0 Å². The second-order valence-corrected chi connectivity index (χ2v) is 4.83. The summed E-state index contributed by atoms with van der Waals surface area (Å²) in [7, 11) is 1.63. The summed E-state index contributed by atoms with van der Waals surface area (Å²) in [5.41, 5.74) is 2.34. The number of carbonyl (C=O) groups excluding carboxylic acids is 1. The lowest BCUT2D eigenvalue weighted by Crippen LogP contribution is -2.42. The smallest absolute Gasteiger partial charge is 0.255 e.